The minimum absolute atomic E-state index is 0.00340. The Bertz CT molecular complexity index is 864. The summed E-state index contributed by atoms with van der Waals surface area (Å²) in [6.45, 7) is 3.17. The summed E-state index contributed by atoms with van der Waals surface area (Å²) in [6.07, 6.45) is 1.96. The molecule has 6 nitrogen and oxygen atoms in total. The van der Waals surface area contributed by atoms with Gasteiger partial charge in [0.2, 0.25) is 0 Å². The van der Waals surface area contributed by atoms with Gasteiger partial charge in [0.25, 0.3) is 5.91 Å². The fraction of sp³-hybridized carbons (Fsp3) is 0.550. The van der Waals surface area contributed by atoms with E-state index in [1.807, 2.05) is 29.5 Å². The third-order valence-corrected chi connectivity index (χ3v) is 6.70. The molecule has 2 N–H and O–H groups in total. The second-order valence-corrected chi connectivity index (χ2v) is 7.72. The minimum atomic E-state index is -0.332. The number of phenolic OH excluding ortho intramolecular Hbond substituents is 1. The van der Waals surface area contributed by atoms with E-state index in [9.17, 15) is 15.0 Å². The number of phenols is 1. The predicted octanol–water partition coefficient (Wildman–Crippen LogP) is 2.19. The van der Waals surface area contributed by atoms with Gasteiger partial charge in [-0.05, 0) is 38.0 Å². The number of hydrogen-bond acceptors (Lipinski definition) is 4. The molecule has 0 bridgehead atoms. The van der Waals surface area contributed by atoms with Crippen LogP contribution in [-0.2, 0) is 11.8 Å². The molecular formula is C20H26N2O4. The molecule has 2 aromatic rings. The molecule has 1 amide bonds. The summed E-state index contributed by atoms with van der Waals surface area (Å²) in [6, 6.07) is 5.15. The number of piperidine rings is 1. The average molecular weight is 358 g/mol. The van der Waals surface area contributed by atoms with Crippen molar-refractivity contribution in [2.45, 2.75) is 38.4 Å². The van der Waals surface area contributed by atoms with E-state index < -0.39 is 0 Å². The SMILES string of the molecule is CO[C@H]1C[C@@H](O)C12CCN(C(=O)c1c(C)n(C)c3ccc(O)cc13)CC2. The molecule has 2 aliphatic rings. The number of fused-ring (bicyclic) bond motifs is 1. The van der Waals surface area contributed by atoms with Gasteiger partial charge < -0.3 is 24.4 Å². The van der Waals surface area contributed by atoms with Crippen LogP contribution in [0.15, 0.2) is 18.2 Å². The highest BCUT2D eigenvalue weighted by Crippen LogP contribution is 2.50. The van der Waals surface area contributed by atoms with Gasteiger partial charge in [-0.2, -0.15) is 0 Å². The molecule has 1 aromatic carbocycles. The molecule has 0 radical (unpaired) electrons. The number of carbonyl (C=O) groups excluding carboxylic acids is 1. The molecule has 1 aromatic heterocycles. The van der Waals surface area contributed by atoms with Gasteiger partial charge in [-0.25, -0.2) is 0 Å². The number of aryl methyl sites for hydroxylation is 1. The molecule has 2 fully saturated rings. The standard InChI is InChI=1S/C20H26N2O4/c1-12-18(14-10-13(23)4-5-15(14)21(12)2)19(25)22-8-6-20(7-9-22)16(24)11-17(20)26-3/h4-5,10,16-17,23-24H,6-9,11H2,1-3H3/t16-,17+/m1/s1. The van der Waals surface area contributed by atoms with Gasteiger partial charge in [0.05, 0.1) is 17.8 Å². The summed E-state index contributed by atoms with van der Waals surface area (Å²) in [5.41, 5.74) is 2.30. The van der Waals surface area contributed by atoms with E-state index in [1.54, 1.807) is 19.2 Å². The number of likely N-dealkylation sites (tertiary alicyclic amines) is 1. The summed E-state index contributed by atoms with van der Waals surface area (Å²) in [5.74, 6) is 0.159. The minimum Gasteiger partial charge on any atom is -0.508 e. The number of hydrogen-bond donors (Lipinski definition) is 2. The van der Waals surface area contributed by atoms with Crippen molar-refractivity contribution >= 4 is 16.8 Å². The summed E-state index contributed by atoms with van der Waals surface area (Å²) >= 11 is 0. The largest absolute Gasteiger partial charge is 0.508 e. The second kappa shape index (κ2) is 5.99. The molecular weight excluding hydrogens is 332 g/mol. The number of methoxy groups -OCH3 is 1. The lowest BCUT2D eigenvalue weighted by Crippen LogP contribution is -2.62. The number of carbonyl (C=O) groups is 1. The highest BCUT2D eigenvalue weighted by molar-refractivity contribution is 6.08. The number of aliphatic hydroxyl groups excluding tert-OH is 1. The van der Waals surface area contributed by atoms with Crippen molar-refractivity contribution in [3.63, 3.8) is 0 Å². The Morgan fingerprint density at radius 2 is 2.00 bits per heavy atom. The van der Waals surface area contributed by atoms with Gasteiger partial charge in [0.15, 0.2) is 0 Å². The number of nitrogens with zero attached hydrogens (tertiary/aromatic N) is 2. The van der Waals surface area contributed by atoms with Gasteiger partial charge in [-0.1, -0.05) is 0 Å². The van der Waals surface area contributed by atoms with Crippen LogP contribution in [0.25, 0.3) is 10.9 Å². The third-order valence-electron chi connectivity index (χ3n) is 6.70. The third kappa shape index (κ3) is 2.28. The Labute approximate surface area is 153 Å². The van der Waals surface area contributed by atoms with Crippen molar-refractivity contribution < 1.29 is 19.7 Å². The normalized spacial score (nSPS) is 24.8. The summed E-state index contributed by atoms with van der Waals surface area (Å²) in [4.78, 5) is 15.1. The van der Waals surface area contributed by atoms with E-state index >= 15 is 0 Å². The van der Waals surface area contributed by atoms with E-state index in [2.05, 4.69) is 0 Å². The van der Waals surface area contributed by atoms with Crippen LogP contribution in [0.1, 0.15) is 35.3 Å². The first-order valence-corrected chi connectivity index (χ1v) is 9.17. The van der Waals surface area contributed by atoms with Gasteiger partial charge in [0.1, 0.15) is 5.75 Å². The van der Waals surface area contributed by atoms with Crippen molar-refractivity contribution in [2.75, 3.05) is 20.2 Å². The van der Waals surface area contributed by atoms with Gasteiger partial charge >= 0.3 is 0 Å². The molecule has 4 rings (SSSR count). The number of ether oxygens (including phenoxy) is 1. The summed E-state index contributed by atoms with van der Waals surface area (Å²) < 4.78 is 7.52. The number of benzene rings is 1. The summed E-state index contributed by atoms with van der Waals surface area (Å²) in [5, 5.41) is 20.9. The second-order valence-electron chi connectivity index (χ2n) is 7.72. The monoisotopic (exact) mass is 358 g/mol. The molecule has 1 aliphatic carbocycles. The van der Waals surface area contributed by atoms with E-state index in [0.29, 0.717) is 25.1 Å². The van der Waals surface area contributed by atoms with Gasteiger partial charge in [-0.15, -0.1) is 0 Å². The first-order valence-electron chi connectivity index (χ1n) is 9.17. The quantitative estimate of drug-likeness (QED) is 0.863. The zero-order chi connectivity index (χ0) is 18.6. The maximum Gasteiger partial charge on any atom is 0.256 e. The fourth-order valence-corrected chi connectivity index (χ4v) is 4.83. The van der Waals surface area contributed by atoms with Crippen LogP contribution < -0.4 is 0 Å². The maximum atomic E-state index is 13.2. The van der Waals surface area contributed by atoms with Crippen molar-refractivity contribution in [2.24, 2.45) is 12.5 Å². The molecule has 2 heterocycles. The van der Waals surface area contributed by atoms with Crippen LogP contribution in [0.5, 0.6) is 5.75 Å². The van der Waals surface area contributed by atoms with Crippen LogP contribution in [0, 0.1) is 12.3 Å². The smallest absolute Gasteiger partial charge is 0.256 e. The van der Waals surface area contributed by atoms with Crippen LogP contribution in [-0.4, -0.2) is 58.0 Å². The van der Waals surface area contributed by atoms with Crippen LogP contribution in [0.4, 0.5) is 0 Å². The number of amides is 1. The first kappa shape index (κ1) is 17.4. The van der Waals surface area contributed by atoms with E-state index in [-0.39, 0.29) is 29.3 Å². The Morgan fingerprint density at radius 1 is 1.31 bits per heavy atom. The fourth-order valence-electron chi connectivity index (χ4n) is 4.83. The van der Waals surface area contributed by atoms with E-state index in [4.69, 9.17) is 4.74 Å². The first-order chi connectivity index (χ1) is 12.4. The lowest BCUT2D eigenvalue weighted by Gasteiger charge is -2.56. The summed E-state index contributed by atoms with van der Waals surface area (Å²) in [7, 11) is 3.63. The molecule has 1 aliphatic heterocycles. The molecule has 1 saturated heterocycles. The molecule has 0 unspecified atom stereocenters. The molecule has 2 atom stereocenters. The number of aromatic hydroxyl groups is 1. The average Bonchev–Trinajstić information content (AvgIpc) is 2.89. The van der Waals surface area contributed by atoms with Crippen molar-refractivity contribution in [3.8, 4) is 5.75 Å². The Hall–Kier alpha value is -2.05. The number of aromatic nitrogens is 1. The lowest BCUT2D eigenvalue weighted by atomic mass is 9.58. The maximum absolute atomic E-state index is 13.2. The van der Waals surface area contributed by atoms with Gasteiger partial charge in [0, 0.05) is 55.7 Å². The Balaban J connectivity index is 1.61. The zero-order valence-electron chi connectivity index (χ0n) is 15.5. The highest BCUT2D eigenvalue weighted by atomic mass is 16.5. The van der Waals surface area contributed by atoms with Crippen LogP contribution >= 0.6 is 0 Å². The molecule has 1 saturated carbocycles. The van der Waals surface area contributed by atoms with Crippen molar-refractivity contribution in [3.05, 3.63) is 29.5 Å². The van der Waals surface area contributed by atoms with Gasteiger partial charge in [-0.3, -0.25) is 4.79 Å². The lowest BCUT2D eigenvalue weighted by molar-refractivity contribution is -0.199. The van der Waals surface area contributed by atoms with Crippen molar-refractivity contribution in [1.82, 2.24) is 9.47 Å². The molecule has 6 heteroatoms. The molecule has 140 valence electrons. The van der Waals surface area contributed by atoms with E-state index in [0.717, 1.165) is 29.4 Å². The molecule has 1 spiro atoms. The Morgan fingerprint density at radius 3 is 2.62 bits per heavy atom. The zero-order valence-corrected chi connectivity index (χ0v) is 15.5. The van der Waals surface area contributed by atoms with Crippen LogP contribution in [0.2, 0.25) is 0 Å². The Kier molecular flexibility index (Phi) is 4.00. The van der Waals surface area contributed by atoms with Crippen LogP contribution in [0.3, 0.4) is 0 Å². The van der Waals surface area contributed by atoms with E-state index in [1.165, 1.54) is 0 Å². The number of rotatable bonds is 2. The topological polar surface area (TPSA) is 74.9 Å². The highest BCUT2D eigenvalue weighted by Gasteiger charge is 2.56. The van der Waals surface area contributed by atoms with Crippen molar-refractivity contribution in [1.29, 1.82) is 0 Å². The molecule has 26 heavy (non-hydrogen) atoms. The predicted molar refractivity (Wildman–Crippen MR) is 98.3 cm³/mol. The number of aliphatic hydroxyl groups is 1.